The minimum absolute atomic E-state index is 0.103. The zero-order chi connectivity index (χ0) is 13.7. The molecule has 1 spiro atoms. The van der Waals surface area contributed by atoms with Crippen molar-refractivity contribution in [3.05, 3.63) is 43.7 Å². The van der Waals surface area contributed by atoms with Gasteiger partial charge in [-0.2, -0.15) is 0 Å². The van der Waals surface area contributed by atoms with E-state index >= 15 is 0 Å². The van der Waals surface area contributed by atoms with Gasteiger partial charge in [-0.1, -0.05) is 18.6 Å². The highest BCUT2D eigenvalue weighted by Gasteiger charge is 2.72. The number of nitrogens with zero attached hydrogens (tertiary/aromatic N) is 2. The quantitative estimate of drug-likeness (QED) is 0.648. The highest BCUT2D eigenvalue weighted by atomic mass is 16.2. The number of rotatable bonds is 0. The molecule has 1 heterocycles. The van der Waals surface area contributed by atoms with Crippen LogP contribution in [0.5, 0.6) is 0 Å². The van der Waals surface area contributed by atoms with E-state index in [9.17, 15) is 9.59 Å². The van der Waals surface area contributed by atoms with Gasteiger partial charge in [-0.05, 0) is 31.1 Å². The van der Waals surface area contributed by atoms with E-state index in [0.29, 0.717) is 5.92 Å². The van der Waals surface area contributed by atoms with E-state index < -0.39 is 0 Å². The summed E-state index contributed by atoms with van der Waals surface area (Å²) in [5, 5.41) is 0. The molecule has 0 bridgehead atoms. The van der Waals surface area contributed by atoms with Gasteiger partial charge in [-0.25, -0.2) is 4.79 Å². The summed E-state index contributed by atoms with van der Waals surface area (Å²) in [4.78, 5) is 24.6. The second kappa shape index (κ2) is 2.79. The van der Waals surface area contributed by atoms with Crippen LogP contribution in [0.2, 0.25) is 0 Å². The molecule has 0 radical (unpaired) electrons. The molecule has 3 aliphatic carbocycles. The van der Waals surface area contributed by atoms with Crippen LogP contribution in [0, 0.1) is 11.3 Å². The average Bonchev–Trinajstić information content (AvgIpc) is 2.97. The average molecular weight is 258 g/mol. The molecule has 1 aromatic heterocycles. The van der Waals surface area contributed by atoms with Crippen LogP contribution in [0.3, 0.4) is 0 Å². The maximum absolute atomic E-state index is 12.6. The van der Waals surface area contributed by atoms with Gasteiger partial charge in [-0.3, -0.25) is 9.36 Å². The Balaban J connectivity index is 2.14. The number of hydrogen-bond acceptors (Lipinski definition) is 2. The summed E-state index contributed by atoms with van der Waals surface area (Å²) in [6.45, 7) is 4.36. The molecule has 0 N–H and O–H groups in total. The van der Waals surface area contributed by atoms with Crippen LogP contribution in [0.25, 0.3) is 0 Å². The number of fused-ring (bicyclic) bond motifs is 2. The Labute approximate surface area is 111 Å². The van der Waals surface area contributed by atoms with E-state index in [1.165, 1.54) is 10.1 Å². The lowest BCUT2D eigenvalue weighted by Gasteiger charge is -2.26. The third kappa shape index (κ3) is 0.935. The van der Waals surface area contributed by atoms with Crippen molar-refractivity contribution in [2.45, 2.75) is 32.1 Å². The Hall–Kier alpha value is -1.58. The molecular weight excluding hydrogens is 240 g/mol. The van der Waals surface area contributed by atoms with Gasteiger partial charge in [0.25, 0.3) is 5.56 Å². The van der Waals surface area contributed by atoms with Crippen molar-refractivity contribution in [1.82, 2.24) is 9.13 Å². The minimum Gasteiger partial charge on any atom is -0.300 e. The molecule has 100 valence electrons. The van der Waals surface area contributed by atoms with Crippen LogP contribution < -0.4 is 11.2 Å². The van der Waals surface area contributed by atoms with Crippen LogP contribution in [-0.4, -0.2) is 9.13 Å². The molecule has 1 aromatic rings. The summed E-state index contributed by atoms with van der Waals surface area (Å²) in [6.07, 6.45) is 4.32. The largest absolute Gasteiger partial charge is 0.330 e. The van der Waals surface area contributed by atoms with E-state index in [1.807, 2.05) is 0 Å². The van der Waals surface area contributed by atoms with Crippen LogP contribution in [0.4, 0.5) is 0 Å². The standard InChI is InChI=1S/C15H18N2O2/c1-8-5-14(2)11-10(7-15(14)6-9(8)15)16(3)13(19)17(4)12(11)18/h5,9H,6-7H2,1-4H3/t9?,14-,15?/m1/s1. The lowest BCUT2D eigenvalue weighted by Crippen LogP contribution is -2.42. The fraction of sp³-hybridized carbons (Fsp3) is 0.600. The molecule has 4 rings (SSSR count). The van der Waals surface area contributed by atoms with Crippen LogP contribution in [0.15, 0.2) is 21.2 Å². The highest BCUT2D eigenvalue weighted by Crippen LogP contribution is 2.75. The van der Waals surface area contributed by atoms with Gasteiger partial charge < -0.3 is 4.57 Å². The lowest BCUT2D eigenvalue weighted by molar-refractivity contribution is 0.362. The van der Waals surface area contributed by atoms with Gasteiger partial charge in [-0.15, -0.1) is 0 Å². The summed E-state index contributed by atoms with van der Waals surface area (Å²) >= 11 is 0. The normalized spacial score (nSPS) is 37.7. The van der Waals surface area contributed by atoms with Crippen LogP contribution in [0.1, 0.15) is 31.5 Å². The first-order valence-electron chi connectivity index (χ1n) is 6.82. The van der Waals surface area contributed by atoms with Crippen molar-refractivity contribution >= 4 is 0 Å². The second-order valence-electron chi connectivity index (χ2n) is 6.71. The molecular formula is C15H18N2O2. The monoisotopic (exact) mass is 258 g/mol. The zero-order valence-corrected chi connectivity index (χ0v) is 11.8. The van der Waals surface area contributed by atoms with Gasteiger partial charge in [0.15, 0.2) is 0 Å². The van der Waals surface area contributed by atoms with E-state index in [4.69, 9.17) is 0 Å². The van der Waals surface area contributed by atoms with Crippen molar-refractivity contribution < 1.29 is 0 Å². The Morgan fingerprint density at radius 3 is 2.58 bits per heavy atom. The first-order chi connectivity index (χ1) is 8.83. The van der Waals surface area contributed by atoms with Crippen LogP contribution in [-0.2, 0) is 25.9 Å². The summed E-state index contributed by atoms with van der Waals surface area (Å²) in [7, 11) is 3.37. The number of allylic oxidation sites excluding steroid dienone is 2. The molecule has 4 heteroatoms. The summed E-state index contributed by atoms with van der Waals surface area (Å²) < 4.78 is 2.93. The summed E-state index contributed by atoms with van der Waals surface area (Å²) in [5.41, 5.74) is 2.95. The Bertz CT molecular complexity index is 783. The molecule has 0 aliphatic heterocycles. The topological polar surface area (TPSA) is 44.0 Å². The van der Waals surface area contributed by atoms with E-state index in [-0.39, 0.29) is 22.1 Å². The number of hydrogen-bond donors (Lipinski definition) is 0. The fourth-order valence-electron chi connectivity index (χ4n) is 4.79. The second-order valence-corrected chi connectivity index (χ2v) is 6.71. The maximum Gasteiger partial charge on any atom is 0.330 e. The highest BCUT2D eigenvalue weighted by molar-refractivity contribution is 5.54. The SMILES string of the molecule is CC1=C[C@]2(C)c3c(n(C)c(=O)n(C)c3=O)CC23CC13. The van der Waals surface area contributed by atoms with E-state index in [1.54, 1.807) is 18.7 Å². The predicted molar refractivity (Wildman–Crippen MR) is 72.3 cm³/mol. The van der Waals surface area contributed by atoms with E-state index in [0.717, 1.165) is 24.1 Å². The Morgan fingerprint density at radius 1 is 1.26 bits per heavy atom. The van der Waals surface area contributed by atoms with Crippen LogP contribution >= 0.6 is 0 Å². The predicted octanol–water partition coefficient (Wildman–Crippen LogP) is 0.864. The third-order valence-electron chi connectivity index (χ3n) is 5.96. The molecule has 4 nitrogen and oxygen atoms in total. The molecule has 1 saturated carbocycles. The Kier molecular flexibility index (Phi) is 1.65. The van der Waals surface area contributed by atoms with Crippen molar-refractivity contribution in [3.8, 4) is 0 Å². The molecule has 2 unspecified atom stereocenters. The molecule has 0 saturated heterocycles. The van der Waals surface area contributed by atoms with Gasteiger partial charge in [0.05, 0.1) is 0 Å². The summed E-state index contributed by atoms with van der Waals surface area (Å²) in [6, 6.07) is 0. The first kappa shape index (κ1) is 11.3. The fourth-order valence-corrected chi connectivity index (χ4v) is 4.79. The zero-order valence-electron chi connectivity index (χ0n) is 11.8. The molecule has 0 aromatic carbocycles. The van der Waals surface area contributed by atoms with Gasteiger partial charge in [0.1, 0.15) is 0 Å². The smallest absolute Gasteiger partial charge is 0.300 e. The maximum atomic E-state index is 12.6. The summed E-state index contributed by atoms with van der Waals surface area (Å²) in [5.74, 6) is 0.615. The van der Waals surface area contributed by atoms with Crippen molar-refractivity contribution in [2.75, 3.05) is 0 Å². The Morgan fingerprint density at radius 2 is 1.95 bits per heavy atom. The third-order valence-corrected chi connectivity index (χ3v) is 5.96. The lowest BCUT2D eigenvalue weighted by atomic mass is 9.76. The van der Waals surface area contributed by atoms with Crippen molar-refractivity contribution in [2.24, 2.45) is 25.4 Å². The van der Waals surface area contributed by atoms with E-state index in [2.05, 4.69) is 19.9 Å². The minimum atomic E-state index is -0.207. The molecule has 3 aliphatic rings. The van der Waals surface area contributed by atoms with Gasteiger partial charge in [0.2, 0.25) is 0 Å². The molecule has 0 amide bonds. The van der Waals surface area contributed by atoms with Gasteiger partial charge >= 0.3 is 5.69 Å². The molecule has 1 fully saturated rings. The first-order valence-corrected chi connectivity index (χ1v) is 6.82. The molecule has 3 atom stereocenters. The molecule has 19 heavy (non-hydrogen) atoms. The van der Waals surface area contributed by atoms with Crippen molar-refractivity contribution in [3.63, 3.8) is 0 Å². The van der Waals surface area contributed by atoms with Gasteiger partial charge in [0, 0.05) is 30.8 Å². The van der Waals surface area contributed by atoms with Crippen molar-refractivity contribution in [1.29, 1.82) is 0 Å². The number of aromatic nitrogens is 2.